The van der Waals surface area contributed by atoms with Crippen molar-refractivity contribution in [2.75, 3.05) is 31.3 Å². The van der Waals surface area contributed by atoms with Crippen molar-refractivity contribution < 1.29 is 17.9 Å². The summed E-state index contributed by atoms with van der Waals surface area (Å²) in [6.07, 6.45) is 1.36. The predicted octanol–water partition coefficient (Wildman–Crippen LogP) is -1.25. The number of carbonyl (C=O) groups is 1. The van der Waals surface area contributed by atoms with E-state index in [1.807, 2.05) is 0 Å². The number of sulfone groups is 1. The molecule has 0 saturated carbocycles. The molecule has 2 aliphatic heterocycles. The number of hydrogen-bond acceptors (Lipinski definition) is 5. The lowest BCUT2D eigenvalue weighted by atomic mass is 10.1. The van der Waals surface area contributed by atoms with Crippen LogP contribution >= 0.6 is 0 Å². The average Bonchev–Trinajstić information content (AvgIpc) is 2.27. The molecule has 2 N–H and O–H groups in total. The Morgan fingerprint density at radius 1 is 1.47 bits per heavy atom. The van der Waals surface area contributed by atoms with E-state index in [0.717, 1.165) is 6.42 Å². The lowest BCUT2D eigenvalue weighted by molar-refractivity contribution is -0.150. The van der Waals surface area contributed by atoms with Gasteiger partial charge in [-0.1, -0.05) is 0 Å². The van der Waals surface area contributed by atoms with Crippen LogP contribution in [0.25, 0.3) is 0 Å². The monoisotopic (exact) mass is 262 g/mol. The van der Waals surface area contributed by atoms with Crippen LogP contribution < -0.4 is 5.73 Å². The van der Waals surface area contributed by atoms with Crippen molar-refractivity contribution in [1.82, 2.24) is 4.90 Å². The van der Waals surface area contributed by atoms with Crippen LogP contribution in [0.1, 0.15) is 12.8 Å². The molecule has 2 heterocycles. The molecule has 2 aliphatic rings. The van der Waals surface area contributed by atoms with Crippen LogP contribution in [0.5, 0.6) is 0 Å². The SMILES string of the molecule is NCC1COCC(=O)N1C1CCCS(=O)(=O)C1. The van der Waals surface area contributed by atoms with Crippen molar-refractivity contribution in [3.63, 3.8) is 0 Å². The molecule has 2 atom stereocenters. The maximum atomic E-state index is 11.8. The highest BCUT2D eigenvalue weighted by Gasteiger charge is 2.37. The number of hydrogen-bond donors (Lipinski definition) is 1. The summed E-state index contributed by atoms with van der Waals surface area (Å²) in [5.41, 5.74) is 5.61. The van der Waals surface area contributed by atoms with E-state index in [9.17, 15) is 13.2 Å². The molecule has 1 amide bonds. The van der Waals surface area contributed by atoms with E-state index in [-0.39, 0.29) is 36.1 Å². The number of morpholine rings is 1. The molecule has 0 spiro atoms. The second-order valence-electron chi connectivity index (χ2n) is 4.62. The van der Waals surface area contributed by atoms with Crippen LogP contribution in [0.15, 0.2) is 0 Å². The maximum Gasteiger partial charge on any atom is 0.249 e. The molecule has 17 heavy (non-hydrogen) atoms. The molecule has 6 nitrogen and oxygen atoms in total. The van der Waals surface area contributed by atoms with Crippen molar-refractivity contribution in [3.8, 4) is 0 Å². The van der Waals surface area contributed by atoms with Gasteiger partial charge in [0.25, 0.3) is 0 Å². The first-order valence-corrected chi connectivity index (χ1v) is 7.65. The first kappa shape index (κ1) is 12.8. The molecule has 0 aromatic heterocycles. The van der Waals surface area contributed by atoms with Crippen molar-refractivity contribution in [1.29, 1.82) is 0 Å². The third kappa shape index (κ3) is 2.78. The van der Waals surface area contributed by atoms with Gasteiger partial charge in [0.1, 0.15) is 6.61 Å². The molecule has 2 rings (SSSR count). The molecule has 2 saturated heterocycles. The number of amides is 1. The second kappa shape index (κ2) is 4.91. The normalized spacial score (nSPS) is 33.7. The minimum atomic E-state index is -3.01. The minimum absolute atomic E-state index is 0.0348. The highest BCUT2D eigenvalue weighted by atomic mass is 32.2. The molecule has 0 bridgehead atoms. The van der Waals surface area contributed by atoms with E-state index < -0.39 is 9.84 Å². The molecule has 0 aliphatic carbocycles. The quantitative estimate of drug-likeness (QED) is 0.671. The molecule has 0 aromatic rings. The smallest absolute Gasteiger partial charge is 0.249 e. The van der Waals surface area contributed by atoms with Gasteiger partial charge in [-0.15, -0.1) is 0 Å². The molecule has 2 unspecified atom stereocenters. The Kier molecular flexibility index (Phi) is 3.70. The summed E-state index contributed by atoms with van der Waals surface area (Å²) < 4.78 is 28.3. The predicted molar refractivity (Wildman–Crippen MR) is 62.2 cm³/mol. The fraction of sp³-hybridized carbons (Fsp3) is 0.900. The van der Waals surface area contributed by atoms with Gasteiger partial charge in [-0.2, -0.15) is 0 Å². The van der Waals surface area contributed by atoms with Crippen molar-refractivity contribution in [3.05, 3.63) is 0 Å². The van der Waals surface area contributed by atoms with E-state index in [1.54, 1.807) is 4.90 Å². The Bertz CT molecular complexity index is 395. The van der Waals surface area contributed by atoms with Gasteiger partial charge in [-0.05, 0) is 12.8 Å². The van der Waals surface area contributed by atoms with E-state index in [2.05, 4.69) is 0 Å². The lowest BCUT2D eigenvalue weighted by Crippen LogP contribution is -2.59. The molecule has 98 valence electrons. The Labute approximate surface area is 101 Å². The third-order valence-corrected chi connectivity index (χ3v) is 5.12. The molecule has 0 aromatic carbocycles. The Morgan fingerprint density at radius 2 is 2.24 bits per heavy atom. The van der Waals surface area contributed by atoms with E-state index in [4.69, 9.17) is 10.5 Å². The fourth-order valence-corrected chi connectivity index (χ4v) is 4.23. The standard InChI is InChI=1S/C10H18N2O4S/c11-4-9-5-16-6-10(13)12(9)8-2-1-3-17(14,15)7-8/h8-9H,1-7,11H2. The van der Waals surface area contributed by atoms with Crippen LogP contribution in [0.4, 0.5) is 0 Å². The van der Waals surface area contributed by atoms with Crippen LogP contribution in [0.2, 0.25) is 0 Å². The summed E-state index contributed by atoms with van der Waals surface area (Å²) in [6.45, 7) is 0.744. The highest BCUT2D eigenvalue weighted by Crippen LogP contribution is 2.21. The molecule has 0 radical (unpaired) electrons. The molecule has 2 fully saturated rings. The first-order valence-electron chi connectivity index (χ1n) is 5.83. The summed E-state index contributed by atoms with van der Waals surface area (Å²) in [6, 6.07) is -0.409. The fourth-order valence-electron chi connectivity index (χ4n) is 2.54. The molecular formula is C10H18N2O4S. The summed E-state index contributed by atoms with van der Waals surface area (Å²) in [5.74, 6) is 0.152. The maximum absolute atomic E-state index is 11.8. The number of ether oxygens (including phenoxy) is 1. The van der Waals surface area contributed by atoms with Gasteiger partial charge in [0.05, 0.1) is 24.2 Å². The zero-order valence-electron chi connectivity index (χ0n) is 9.67. The first-order chi connectivity index (χ1) is 8.03. The Hall–Kier alpha value is -0.660. The highest BCUT2D eigenvalue weighted by molar-refractivity contribution is 7.91. The van der Waals surface area contributed by atoms with Crippen molar-refractivity contribution in [2.24, 2.45) is 5.73 Å². The Morgan fingerprint density at radius 3 is 2.88 bits per heavy atom. The third-order valence-electron chi connectivity index (χ3n) is 3.32. The zero-order valence-corrected chi connectivity index (χ0v) is 10.5. The number of rotatable bonds is 2. The van der Waals surface area contributed by atoms with Crippen molar-refractivity contribution in [2.45, 2.75) is 24.9 Å². The summed E-state index contributed by atoms with van der Waals surface area (Å²) >= 11 is 0. The van der Waals surface area contributed by atoms with Crippen LogP contribution in [-0.2, 0) is 19.4 Å². The Balaban J connectivity index is 2.15. The zero-order chi connectivity index (χ0) is 12.5. The summed E-state index contributed by atoms with van der Waals surface area (Å²) in [4.78, 5) is 13.5. The van der Waals surface area contributed by atoms with E-state index >= 15 is 0 Å². The van der Waals surface area contributed by atoms with Gasteiger partial charge >= 0.3 is 0 Å². The number of carbonyl (C=O) groups excluding carboxylic acids is 1. The topological polar surface area (TPSA) is 89.7 Å². The summed E-state index contributed by atoms with van der Waals surface area (Å²) in [5, 5.41) is 0. The van der Waals surface area contributed by atoms with Gasteiger partial charge in [0, 0.05) is 12.6 Å². The van der Waals surface area contributed by atoms with Gasteiger partial charge in [-0.25, -0.2) is 8.42 Å². The van der Waals surface area contributed by atoms with Crippen LogP contribution in [0.3, 0.4) is 0 Å². The van der Waals surface area contributed by atoms with Crippen LogP contribution in [-0.4, -0.2) is 62.6 Å². The van der Waals surface area contributed by atoms with Crippen molar-refractivity contribution >= 4 is 15.7 Å². The number of nitrogens with two attached hydrogens (primary N) is 1. The van der Waals surface area contributed by atoms with E-state index in [0.29, 0.717) is 19.6 Å². The van der Waals surface area contributed by atoms with Gasteiger partial charge in [-0.3, -0.25) is 4.79 Å². The van der Waals surface area contributed by atoms with E-state index in [1.165, 1.54) is 0 Å². The summed E-state index contributed by atoms with van der Waals surface area (Å²) in [7, 11) is -3.01. The second-order valence-corrected chi connectivity index (χ2v) is 6.84. The van der Waals surface area contributed by atoms with Gasteiger partial charge in [0.15, 0.2) is 9.84 Å². The van der Waals surface area contributed by atoms with Gasteiger partial charge < -0.3 is 15.4 Å². The van der Waals surface area contributed by atoms with Crippen LogP contribution in [0, 0.1) is 0 Å². The minimum Gasteiger partial charge on any atom is -0.369 e. The molecular weight excluding hydrogens is 244 g/mol. The van der Waals surface area contributed by atoms with Gasteiger partial charge in [0.2, 0.25) is 5.91 Å². The average molecular weight is 262 g/mol. The molecule has 7 heteroatoms. The lowest BCUT2D eigenvalue weighted by Gasteiger charge is -2.41. The number of nitrogens with zero attached hydrogens (tertiary/aromatic N) is 1. The largest absolute Gasteiger partial charge is 0.369 e.